The number of benzene rings is 1. The Morgan fingerprint density at radius 3 is 2.70 bits per heavy atom. The highest BCUT2D eigenvalue weighted by Gasteiger charge is 2.16. The fourth-order valence-electron chi connectivity index (χ4n) is 2.33. The predicted octanol–water partition coefficient (Wildman–Crippen LogP) is 4.01. The molecule has 1 aliphatic heterocycles. The lowest BCUT2D eigenvalue weighted by molar-refractivity contribution is 0.611. The Morgan fingerprint density at radius 1 is 1.22 bits per heavy atom. The van der Waals surface area contributed by atoms with Crippen molar-refractivity contribution in [1.29, 1.82) is 0 Å². The summed E-state index contributed by atoms with van der Waals surface area (Å²) in [5.41, 5.74) is 4.13. The molecule has 27 heavy (non-hydrogen) atoms. The summed E-state index contributed by atoms with van der Waals surface area (Å²) in [6, 6.07) is 5.60. The maximum atomic E-state index is 14.2. The molecule has 2 aromatic rings. The summed E-state index contributed by atoms with van der Waals surface area (Å²) in [6.07, 6.45) is 3.86. The van der Waals surface area contributed by atoms with Crippen molar-refractivity contribution < 1.29 is 8.78 Å². The molecule has 1 aromatic heterocycles. The summed E-state index contributed by atoms with van der Waals surface area (Å²) >= 11 is 5.88. The summed E-state index contributed by atoms with van der Waals surface area (Å²) in [7, 11) is 0. The summed E-state index contributed by atoms with van der Waals surface area (Å²) in [6.45, 7) is 5.63. The first-order valence-electron chi connectivity index (χ1n) is 7.91. The highest BCUT2D eigenvalue weighted by molar-refractivity contribution is 6.80. The number of aliphatic imine (C=N–C) groups is 1. The van der Waals surface area contributed by atoms with Crippen LogP contribution >= 0.6 is 11.6 Å². The molecule has 0 amide bonds. The molecule has 0 saturated heterocycles. The first-order valence-corrected chi connectivity index (χ1v) is 8.29. The van der Waals surface area contributed by atoms with E-state index in [-0.39, 0.29) is 28.7 Å². The van der Waals surface area contributed by atoms with Crippen molar-refractivity contribution >= 4 is 34.4 Å². The molecule has 0 aliphatic carbocycles. The van der Waals surface area contributed by atoms with Crippen LogP contribution in [-0.2, 0) is 0 Å². The lowest BCUT2D eigenvalue weighted by atomic mass is 10.1. The molecule has 0 fully saturated rings. The zero-order valence-electron chi connectivity index (χ0n) is 14.2. The number of halogens is 3. The van der Waals surface area contributed by atoms with Crippen LogP contribution in [0.15, 0.2) is 59.0 Å². The second-order valence-electron chi connectivity index (χ2n) is 5.63. The lowest BCUT2D eigenvalue weighted by Crippen LogP contribution is -2.12. The average molecular weight is 389 g/mol. The van der Waals surface area contributed by atoms with Crippen LogP contribution in [0.2, 0.25) is 0 Å². The molecule has 9 heteroatoms. The van der Waals surface area contributed by atoms with Crippen molar-refractivity contribution in [2.45, 2.75) is 13.0 Å². The third-order valence-corrected chi connectivity index (χ3v) is 3.90. The van der Waals surface area contributed by atoms with Crippen LogP contribution in [0.3, 0.4) is 0 Å². The van der Waals surface area contributed by atoms with Crippen LogP contribution in [0.25, 0.3) is 5.57 Å². The summed E-state index contributed by atoms with van der Waals surface area (Å²) in [5.74, 6) is -0.790. The second-order valence-corrected chi connectivity index (χ2v) is 6.02. The van der Waals surface area contributed by atoms with E-state index >= 15 is 0 Å². The van der Waals surface area contributed by atoms with Crippen LogP contribution in [0.1, 0.15) is 24.4 Å². The van der Waals surface area contributed by atoms with Crippen LogP contribution < -0.4 is 10.7 Å². The molecular weight excluding hydrogens is 374 g/mol. The van der Waals surface area contributed by atoms with Gasteiger partial charge in [-0.2, -0.15) is 5.10 Å². The van der Waals surface area contributed by atoms with Gasteiger partial charge in [-0.15, -0.1) is 0 Å². The molecule has 0 saturated carbocycles. The molecule has 2 N–H and O–H groups in total. The number of hydrogen-bond acceptors (Lipinski definition) is 6. The van der Waals surface area contributed by atoms with E-state index in [4.69, 9.17) is 11.6 Å². The van der Waals surface area contributed by atoms with E-state index in [1.165, 1.54) is 24.5 Å². The minimum atomic E-state index is -0.628. The average Bonchev–Trinajstić information content (AvgIpc) is 2.63. The Hall–Kier alpha value is -3.13. The van der Waals surface area contributed by atoms with Crippen molar-refractivity contribution in [3.63, 3.8) is 0 Å². The number of nitrogens with zero attached hydrogens (tertiary/aromatic N) is 4. The second kappa shape index (κ2) is 8.05. The van der Waals surface area contributed by atoms with Gasteiger partial charge in [-0.05, 0) is 24.6 Å². The Labute approximate surface area is 159 Å². The number of nitrogens with one attached hydrogen (secondary N) is 2. The molecule has 1 aliphatic rings. The van der Waals surface area contributed by atoms with E-state index in [0.29, 0.717) is 11.3 Å². The van der Waals surface area contributed by atoms with Gasteiger partial charge in [0.25, 0.3) is 0 Å². The van der Waals surface area contributed by atoms with Crippen molar-refractivity contribution in [3.05, 3.63) is 72.0 Å². The first-order chi connectivity index (χ1) is 12.9. The number of allylic oxidation sites excluding steroid dienone is 1. The monoisotopic (exact) mass is 388 g/mol. The van der Waals surface area contributed by atoms with Gasteiger partial charge >= 0.3 is 0 Å². The van der Waals surface area contributed by atoms with Gasteiger partial charge in [0.15, 0.2) is 17.5 Å². The molecule has 0 unspecified atom stereocenters. The van der Waals surface area contributed by atoms with Gasteiger partial charge in [0.2, 0.25) is 0 Å². The predicted molar refractivity (Wildman–Crippen MR) is 102 cm³/mol. The summed E-state index contributed by atoms with van der Waals surface area (Å²) in [4.78, 5) is 12.3. The van der Waals surface area contributed by atoms with E-state index in [2.05, 4.69) is 37.4 Å². The lowest BCUT2D eigenvalue weighted by Gasteiger charge is -2.16. The number of rotatable bonds is 4. The molecule has 1 atom stereocenters. The van der Waals surface area contributed by atoms with Gasteiger partial charge in [0, 0.05) is 6.20 Å². The van der Waals surface area contributed by atoms with Gasteiger partial charge in [0.05, 0.1) is 29.7 Å². The van der Waals surface area contributed by atoms with E-state index < -0.39 is 5.82 Å². The maximum Gasteiger partial charge on any atom is 0.183 e. The Balaban J connectivity index is 1.89. The van der Waals surface area contributed by atoms with Gasteiger partial charge in [-0.3, -0.25) is 5.43 Å². The molecule has 6 nitrogen and oxygen atoms in total. The standard InChI is InChI=1S/C18H15ClF2N6/c1-10(12-3-5-13(20)6-4-12)26-18-15(21)8-22-17(27-18)14-7-23-24-9-16(19)25-11(14)2/h3-10,23H,2H2,1H3,(H,22,26,27)/b14-7?,24-9-,25-16?/t10-/m0/s1. The molecule has 138 valence electrons. The molecule has 0 radical (unpaired) electrons. The SMILES string of the molecule is C=C1N=C(Cl)/C=N\NC=C1c1ncc(F)c(N[C@@H](C)c2ccc(F)cc2)n1. The van der Waals surface area contributed by atoms with E-state index in [0.717, 1.165) is 11.8 Å². The smallest absolute Gasteiger partial charge is 0.183 e. The van der Waals surface area contributed by atoms with Gasteiger partial charge < -0.3 is 5.32 Å². The fraction of sp³-hybridized carbons (Fsp3) is 0.111. The normalized spacial score (nSPS) is 16.4. The Morgan fingerprint density at radius 2 is 1.96 bits per heavy atom. The molecule has 3 rings (SSSR count). The van der Waals surface area contributed by atoms with Crippen molar-refractivity contribution in [2.75, 3.05) is 5.32 Å². The number of hydrogen-bond donors (Lipinski definition) is 2. The minimum absolute atomic E-state index is 0.00818. The third-order valence-electron chi connectivity index (χ3n) is 3.72. The zero-order valence-corrected chi connectivity index (χ0v) is 15.0. The fourth-order valence-corrected chi connectivity index (χ4v) is 2.48. The van der Waals surface area contributed by atoms with E-state index in [9.17, 15) is 8.78 Å². The quantitative estimate of drug-likeness (QED) is 0.829. The zero-order chi connectivity index (χ0) is 19.4. The minimum Gasteiger partial charge on any atom is -0.361 e. The van der Waals surface area contributed by atoms with Crippen molar-refractivity contribution in [3.8, 4) is 0 Å². The van der Waals surface area contributed by atoms with Crippen molar-refractivity contribution in [2.24, 2.45) is 10.1 Å². The van der Waals surface area contributed by atoms with E-state index in [1.807, 2.05) is 6.92 Å². The summed E-state index contributed by atoms with van der Waals surface area (Å²) in [5, 5.41) is 6.91. The van der Waals surface area contributed by atoms with Crippen LogP contribution in [-0.4, -0.2) is 21.4 Å². The van der Waals surface area contributed by atoms with Crippen molar-refractivity contribution in [1.82, 2.24) is 15.4 Å². The molecule has 2 heterocycles. The molecule has 0 bridgehead atoms. The Kier molecular flexibility index (Phi) is 5.56. The number of hydrazone groups is 1. The first kappa shape index (κ1) is 18.7. The van der Waals surface area contributed by atoms with Gasteiger partial charge in [0.1, 0.15) is 11.0 Å². The summed E-state index contributed by atoms with van der Waals surface area (Å²) < 4.78 is 27.3. The third kappa shape index (κ3) is 4.53. The van der Waals surface area contributed by atoms with Crippen LogP contribution in [0.5, 0.6) is 0 Å². The highest BCUT2D eigenvalue weighted by Crippen LogP contribution is 2.25. The number of aromatic nitrogens is 2. The topological polar surface area (TPSA) is 74.6 Å². The largest absolute Gasteiger partial charge is 0.361 e. The number of anilines is 1. The maximum absolute atomic E-state index is 14.2. The van der Waals surface area contributed by atoms with Crippen LogP contribution in [0.4, 0.5) is 14.6 Å². The van der Waals surface area contributed by atoms with Gasteiger partial charge in [-0.1, -0.05) is 30.3 Å². The molecular formula is C18H15ClF2N6. The molecule has 0 spiro atoms. The highest BCUT2D eigenvalue weighted by atomic mass is 35.5. The van der Waals surface area contributed by atoms with E-state index in [1.54, 1.807) is 12.1 Å². The van der Waals surface area contributed by atoms with Crippen LogP contribution in [0, 0.1) is 11.6 Å². The molecule has 1 aromatic carbocycles. The Bertz CT molecular complexity index is 953. The van der Waals surface area contributed by atoms with Gasteiger partial charge in [-0.25, -0.2) is 23.7 Å².